The largest absolute Gasteiger partial charge is 0.487 e. The molecule has 0 aliphatic heterocycles. The molecule has 0 radical (unpaired) electrons. The molecular formula is C11H14N2O. The van der Waals surface area contributed by atoms with E-state index in [2.05, 4.69) is 24.9 Å². The van der Waals surface area contributed by atoms with Crippen molar-refractivity contribution < 1.29 is 4.74 Å². The lowest BCUT2D eigenvalue weighted by molar-refractivity contribution is 0.169. The minimum atomic E-state index is 0.0892. The van der Waals surface area contributed by atoms with Crippen LogP contribution in [0.4, 0.5) is 0 Å². The number of pyridine rings is 1. The highest BCUT2D eigenvalue weighted by molar-refractivity contribution is 5.40. The van der Waals surface area contributed by atoms with E-state index in [0.717, 1.165) is 0 Å². The lowest BCUT2D eigenvalue weighted by Crippen LogP contribution is -2.19. The molecule has 0 aromatic carbocycles. The Kier molecular flexibility index (Phi) is 3.47. The highest BCUT2D eigenvalue weighted by Gasteiger charge is 2.11. The highest BCUT2D eigenvalue weighted by Crippen LogP contribution is 2.18. The fraction of sp³-hybridized carbons (Fsp3) is 0.455. The third-order valence-corrected chi connectivity index (χ3v) is 2.16. The lowest BCUT2D eigenvalue weighted by atomic mass is 10.1. The first-order chi connectivity index (χ1) is 6.65. The van der Waals surface area contributed by atoms with Crippen molar-refractivity contribution in [3.05, 3.63) is 24.0 Å². The van der Waals surface area contributed by atoms with Crippen molar-refractivity contribution >= 4 is 0 Å². The van der Waals surface area contributed by atoms with E-state index in [0.29, 0.717) is 17.2 Å². The van der Waals surface area contributed by atoms with Gasteiger partial charge in [-0.3, -0.25) is 4.98 Å². The molecule has 3 nitrogen and oxygen atoms in total. The summed E-state index contributed by atoms with van der Waals surface area (Å²) in [6, 6.07) is 3.73. The quantitative estimate of drug-likeness (QED) is 0.735. The van der Waals surface area contributed by atoms with Gasteiger partial charge in [-0.1, -0.05) is 13.8 Å². The van der Waals surface area contributed by atoms with Gasteiger partial charge in [0.1, 0.15) is 6.07 Å². The number of aromatic nitrogens is 1. The summed E-state index contributed by atoms with van der Waals surface area (Å²) in [6.45, 7) is 6.14. The van der Waals surface area contributed by atoms with Gasteiger partial charge < -0.3 is 4.74 Å². The molecule has 0 bridgehead atoms. The second-order valence-corrected chi connectivity index (χ2v) is 3.55. The first kappa shape index (κ1) is 10.5. The molecule has 0 aliphatic carbocycles. The van der Waals surface area contributed by atoms with Crippen LogP contribution in [-0.4, -0.2) is 11.1 Å². The van der Waals surface area contributed by atoms with Gasteiger partial charge in [0, 0.05) is 6.20 Å². The molecule has 0 saturated heterocycles. The second kappa shape index (κ2) is 4.61. The van der Waals surface area contributed by atoms with Gasteiger partial charge in [0.2, 0.25) is 0 Å². The number of ether oxygens (including phenoxy) is 1. The molecule has 1 rings (SSSR count). The van der Waals surface area contributed by atoms with Crippen molar-refractivity contribution in [2.45, 2.75) is 26.9 Å². The molecule has 0 saturated carbocycles. The first-order valence-electron chi connectivity index (χ1n) is 4.66. The number of hydrogen-bond acceptors (Lipinski definition) is 3. The average Bonchev–Trinajstić information content (AvgIpc) is 2.18. The summed E-state index contributed by atoms with van der Waals surface area (Å²) < 4.78 is 5.61. The number of nitrogens with zero attached hydrogens (tertiary/aromatic N) is 2. The van der Waals surface area contributed by atoms with Crippen molar-refractivity contribution in [2.24, 2.45) is 5.92 Å². The van der Waals surface area contributed by atoms with E-state index in [9.17, 15) is 0 Å². The molecule has 3 heteroatoms. The maximum atomic E-state index is 8.81. The van der Waals surface area contributed by atoms with Gasteiger partial charge in [-0.25, -0.2) is 0 Å². The lowest BCUT2D eigenvalue weighted by Gasteiger charge is -2.18. The topological polar surface area (TPSA) is 45.9 Å². The number of hydrogen-bond donors (Lipinski definition) is 0. The molecule has 0 aliphatic rings. The molecule has 74 valence electrons. The van der Waals surface area contributed by atoms with Gasteiger partial charge in [-0.15, -0.1) is 0 Å². The minimum absolute atomic E-state index is 0.0892. The summed E-state index contributed by atoms with van der Waals surface area (Å²) in [4.78, 5) is 3.93. The van der Waals surface area contributed by atoms with Gasteiger partial charge in [0.15, 0.2) is 5.75 Å². The Balaban J connectivity index is 2.82. The van der Waals surface area contributed by atoms with Crippen LogP contribution >= 0.6 is 0 Å². The zero-order chi connectivity index (χ0) is 10.6. The van der Waals surface area contributed by atoms with E-state index in [4.69, 9.17) is 10.00 Å². The Morgan fingerprint density at radius 1 is 1.43 bits per heavy atom. The van der Waals surface area contributed by atoms with Crippen molar-refractivity contribution in [2.75, 3.05) is 0 Å². The summed E-state index contributed by atoms with van der Waals surface area (Å²) in [5, 5.41) is 8.81. The third kappa shape index (κ3) is 2.46. The van der Waals surface area contributed by atoms with Crippen LogP contribution in [0.15, 0.2) is 18.5 Å². The third-order valence-electron chi connectivity index (χ3n) is 2.16. The molecule has 0 N–H and O–H groups in total. The molecular weight excluding hydrogens is 176 g/mol. The Bertz CT molecular complexity index is 341. The maximum Gasteiger partial charge on any atom is 0.155 e. The summed E-state index contributed by atoms with van der Waals surface area (Å²) in [5.74, 6) is 0.984. The Labute approximate surface area is 84.3 Å². The summed E-state index contributed by atoms with van der Waals surface area (Å²) in [5.41, 5.74) is 0.535. The molecule has 1 heterocycles. The van der Waals surface area contributed by atoms with E-state index in [1.807, 2.05) is 6.92 Å². The molecule has 1 aromatic rings. The Morgan fingerprint density at radius 3 is 2.71 bits per heavy atom. The Hall–Kier alpha value is -1.56. The van der Waals surface area contributed by atoms with E-state index >= 15 is 0 Å². The zero-order valence-electron chi connectivity index (χ0n) is 8.69. The van der Waals surface area contributed by atoms with Gasteiger partial charge in [0.25, 0.3) is 0 Å². The predicted octanol–water partition coefficient (Wildman–Crippen LogP) is 2.38. The fourth-order valence-corrected chi connectivity index (χ4v) is 0.903. The fourth-order valence-electron chi connectivity index (χ4n) is 0.903. The van der Waals surface area contributed by atoms with E-state index in [1.54, 1.807) is 18.5 Å². The van der Waals surface area contributed by atoms with Crippen molar-refractivity contribution in [3.8, 4) is 11.8 Å². The van der Waals surface area contributed by atoms with Crippen LogP contribution in [0, 0.1) is 17.2 Å². The van der Waals surface area contributed by atoms with Crippen LogP contribution in [0.5, 0.6) is 5.75 Å². The Morgan fingerprint density at radius 2 is 2.14 bits per heavy atom. The molecule has 1 unspecified atom stereocenters. The molecule has 0 fully saturated rings. The van der Waals surface area contributed by atoms with Crippen molar-refractivity contribution in [3.63, 3.8) is 0 Å². The normalized spacial score (nSPS) is 12.2. The SMILES string of the molecule is CC(C)C(C)Oc1cnccc1C#N. The van der Waals surface area contributed by atoms with Crippen LogP contribution in [0.3, 0.4) is 0 Å². The molecule has 1 aromatic heterocycles. The molecule has 0 amide bonds. The van der Waals surface area contributed by atoms with Crippen LogP contribution in [-0.2, 0) is 0 Å². The number of nitriles is 1. The average molecular weight is 190 g/mol. The maximum absolute atomic E-state index is 8.81. The van der Waals surface area contributed by atoms with Gasteiger partial charge in [0.05, 0.1) is 17.9 Å². The predicted molar refractivity (Wildman–Crippen MR) is 53.9 cm³/mol. The molecule has 0 spiro atoms. The van der Waals surface area contributed by atoms with Gasteiger partial charge in [-0.05, 0) is 18.9 Å². The van der Waals surface area contributed by atoms with Crippen molar-refractivity contribution in [1.29, 1.82) is 5.26 Å². The van der Waals surface area contributed by atoms with E-state index < -0.39 is 0 Å². The minimum Gasteiger partial charge on any atom is -0.487 e. The van der Waals surface area contributed by atoms with Crippen LogP contribution < -0.4 is 4.74 Å². The highest BCUT2D eigenvalue weighted by atomic mass is 16.5. The van der Waals surface area contributed by atoms with Gasteiger partial charge in [-0.2, -0.15) is 5.26 Å². The van der Waals surface area contributed by atoms with Crippen LogP contribution in [0.1, 0.15) is 26.3 Å². The van der Waals surface area contributed by atoms with E-state index in [1.165, 1.54) is 0 Å². The first-order valence-corrected chi connectivity index (χ1v) is 4.66. The van der Waals surface area contributed by atoms with Crippen LogP contribution in [0.25, 0.3) is 0 Å². The smallest absolute Gasteiger partial charge is 0.155 e. The van der Waals surface area contributed by atoms with Gasteiger partial charge >= 0.3 is 0 Å². The van der Waals surface area contributed by atoms with Crippen LogP contribution in [0.2, 0.25) is 0 Å². The monoisotopic (exact) mass is 190 g/mol. The number of rotatable bonds is 3. The summed E-state index contributed by atoms with van der Waals surface area (Å²) in [6.07, 6.45) is 3.26. The summed E-state index contributed by atoms with van der Waals surface area (Å²) >= 11 is 0. The summed E-state index contributed by atoms with van der Waals surface area (Å²) in [7, 11) is 0. The molecule has 14 heavy (non-hydrogen) atoms. The van der Waals surface area contributed by atoms with Crippen molar-refractivity contribution in [1.82, 2.24) is 4.98 Å². The zero-order valence-corrected chi connectivity index (χ0v) is 8.69. The second-order valence-electron chi connectivity index (χ2n) is 3.55. The standard InChI is InChI=1S/C11H14N2O/c1-8(2)9(3)14-11-7-13-5-4-10(11)6-12/h4-5,7-9H,1-3H3. The molecule has 1 atom stereocenters. The van der Waals surface area contributed by atoms with E-state index in [-0.39, 0.29) is 6.10 Å².